The monoisotopic (exact) mass is 144 g/mol. The van der Waals surface area contributed by atoms with Crippen molar-refractivity contribution in [3.05, 3.63) is 0 Å². The van der Waals surface area contributed by atoms with Gasteiger partial charge < -0.3 is 10.2 Å². The molecule has 10 heavy (non-hydrogen) atoms. The Kier molecular flexibility index (Phi) is 6.18. The van der Waals surface area contributed by atoms with Crippen molar-refractivity contribution in [2.75, 3.05) is 26.7 Å². The highest BCUT2D eigenvalue weighted by molar-refractivity contribution is 5.46. The highest BCUT2D eigenvalue weighted by atomic mass is 16.1. The van der Waals surface area contributed by atoms with Crippen molar-refractivity contribution in [3.63, 3.8) is 0 Å². The summed E-state index contributed by atoms with van der Waals surface area (Å²) in [6.07, 6.45) is 1.93. The first-order valence-corrected chi connectivity index (χ1v) is 3.69. The predicted octanol–water partition coefficient (Wildman–Crippen LogP) is 0.0742. The summed E-state index contributed by atoms with van der Waals surface area (Å²) in [6.45, 7) is 4.63. The molecule has 1 N–H and O–H groups in total. The van der Waals surface area contributed by atoms with Gasteiger partial charge in [0.05, 0.1) is 0 Å². The number of amides is 1. The van der Waals surface area contributed by atoms with Crippen molar-refractivity contribution in [1.82, 2.24) is 10.2 Å². The van der Waals surface area contributed by atoms with Gasteiger partial charge in [-0.2, -0.15) is 0 Å². The van der Waals surface area contributed by atoms with Crippen molar-refractivity contribution in [2.24, 2.45) is 0 Å². The second-order valence-corrected chi connectivity index (χ2v) is 2.19. The minimum atomic E-state index is 0.813. The second kappa shape index (κ2) is 6.55. The van der Waals surface area contributed by atoms with Crippen molar-refractivity contribution >= 4 is 6.41 Å². The second-order valence-electron chi connectivity index (χ2n) is 2.19. The van der Waals surface area contributed by atoms with E-state index in [1.807, 2.05) is 14.0 Å². The van der Waals surface area contributed by atoms with Crippen molar-refractivity contribution < 1.29 is 4.79 Å². The largest absolute Gasteiger partial charge is 0.345 e. The fourth-order valence-electron chi connectivity index (χ4n) is 0.744. The number of hydrogen-bond donors (Lipinski definition) is 1. The lowest BCUT2D eigenvalue weighted by atomic mass is 10.4. The van der Waals surface area contributed by atoms with Gasteiger partial charge in [0, 0.05) is 13.1 Å². The molecule has 0 unspecified atom stereocenters. The first kappa shape index (κ1) is 9.43. The fourth-order valence-corrected chi connectivity index (χ4v) is 0.744. The fraction of sp³-hybridized carbons (Fsp3) is 0.857. The van der Waals surface area contributed by atoms with Crippen LogP contribution in [0.25, 0.3) is 0 Å². The minimum Gasteiger partial charge on any atom is -0.345 e. The van der Waals surface area contributed by atoms with Gasteiger partial charge in [-0.3, -0.25) is 4.79 Å². The van der Waals surface area contributed by atoms with Gasteiger partial charge in [0.1, 0.15) is 0 Å². The number of carbonyl (C=O) groups is 1. The molecule has 0 atom stereocenters. The van der Waals surface area contributed by atoms with Crippen LogP contribution >= 0.6 is 0 Å². The zero-order valence-corrected chi connectivity index (χ0v) is 6.76. The predicted molar refractivity (Wildman–Crippen MR) is 41.9 cm³/mol. The van der Waals surface area contributed by atoms with Crippen molar-refractivity contribution in [1.29, 1.82) is 0 Å². The van der Waals surface area contributed by atoms with Gasteiger partial charge in [0.2, 0.25) is 6.41 Å². The van der Waals surface area contributed by atoms with Crippen LogP contribution in [0.3, 0.4) is 0 Å². The van der Waals surface area contributed by atoms with Gasteiger partial charge >= 0.3 is 0 Å². The number of nitrogens with zero attached hydrogens (tertiary/aromatic N) is 1. The molecule has 0 heterocycles. The Balaban J connectivity index is 3.17. The highest BCUT2D eigenvalue weighted by Crippen LogP contribution is 1.84. The van der Waals surface area contributed by atoms with Crippen LogP contribution in [0.4, 0.5) is 0 Å². The van der Waals surface area contributed by atoms with Gasteiger partial charge in [-0.1, -0.05) is 0 Å². The summed E-state index contributed by atoms with van der Waals surface area (Å²) in [6, 6.07) is 0. The van der Waals surface area contributed by atoms with E-state index in [1.165, 1.54) is 0 Å². The molecule has 0 rings (SSSR count). The van der Waals surface area contributed by atoms with Gasteiger partial charge in [-0.15, -0.1) is 0 Å². The van der Waals surface area contributed by atoms with E-state index in [2.05, 4.69) is 5.32 Å². The van der Waals surface area contributed by atoms with Crippen LogP contribution in [0.1, 0.15) is 13.3 Å². The maximum Gasteiger partial charge on any atom is 0.209 e. The number of hydrogen-bond acceptors (Lipinski definition) is 2. The van der Waals surface area contributed by atoms with Crippen LogP contribution < -0.4 is 5.32 Å². The summed E-state index contributed by atoms with van der Waals surface area (Å²) < 4.78 is 0. The molecule has 0 saturated heterocycles. The van der Waals surface area contributed by atoms with E-state index >= 15 is 0 Å². The molecule has 0 aliphatic carbocycles. The molecule has 3 nitrogen and oxygen atoms in total. The Bertz CT molecular complexity index is 85.7. The molecule has 0 aromatic heterocycles. The van der Waals surface area contributed by atoms with E-state index in [9.17, 15) is 4.79 Å². The summed E-state index contributed by atoms with van der Waals surface area (Å²) in [7, 11) is 1.91. The molecule has 0 aliphatic heterocycles. The van der Waals surface area contributed by atoms with E-state index in [-0.39, 0.29) is 0 Å². The molecule has 0 saturated carbocycles. The summed E-state index contributed by atoms with van der Waals surface area (Å²) in [5.74, 6) is 0. The Morgan fingerprint density at radius 3 is 2.70 bits per heavy atom. The van der Waals surface area contributed by atoms with Gasteiger partial charge in [0.25, 0.3) is 0 Å². The average Bonchev–Trinajstić information content (AvgIpc) is 1.99. The van der Waals surface area contributed by atoms with Crippen LogP contribution in [0.5, 0.6) is 0 Å². The molecule has 0 radical (unpaired) electrons. The summed E-state index contributed by atoms with van der Waals surface area (Å²) in [5, 5.41) is 3.03. The molecule has 60 valence electrons. The van der Waals surface area contributed by atoms with E-state index in [0.717, 1.165) is 32.5 Å². The lowest BCUT2D eigenvalue weighted by Gasteiger charge is -2.13. The van der Waals surface area contributed by atoms with E-state index in [0.29, 0.717) is 0 Å². The summed E-state index contributed by atoms with van der Waals surface area (Å²) in [4.78, 5) is 12.0. The lowest BCUT2D eigenvalue weighted by molar-refractivity contribution is -0.118. The smallest absolute Gasteiger partial charge is 0.209 e. The normalized spacial score (nSPS) is 9.40. The van der Waals surface area contributed by atoms with Gasteiger partial charge in [-0.05, 0) is 26.9 Å². The highest BCUT2D eigenvalue weighted by Gasteiger charge is 1.94. The Morgan fingerprint density at radius 2 is 2.30 bits per heavy atom. The lowest BCUT2D eigenvalue weighted by Crippen LogP contribution is -2.25. The molecular weight excluding hydrogens is 128 g/mol. The summed E-state index contributed by atoms with van der Waals surface area (Å²) in [5.41, 5.74) is 0. The third kappa shape index (κ3) is 4.32. The molecule has 0 fully saturated rings. The Morgan fingerprint density at radius 1 is 1.60 bits per heavy atom. The molecule has 0 aliphatic rings. The third-order valence-corrected chi connectivity index (χ3v) is 1.43. The van der Waals surface area contributed by atoms with Crippen molar-refractivity contribution in [2.45, 2.75) is 13.3 Å². The zero-order chi connectivity index (χ0) is 7.82. The zero-order valence-electron chi connectivity index (χ0n) is 6.76. The Hall–Kier alpha value is -0.570. The Labute approximate surface area is 62.4 Å². The quantitative estimate of drug-likeness (QED) is 0.423. The van der Waals surface area contributed by atoms with Crippen LogP contribution in [0.15, 0.2) is 0 Å². The van der Waals surface area contributed by atoms with Crippen LogP contribution in [-0.4, -0.2) is 38.0 Å². The number of nitrogens with one attached hydrogen (secondary N) is 1. The number of carbonyl (C=O) groups excluding carboxylic acids is 1. The van der Waals surface area contributed by atoms with Crippen LogP contribution in [0.2, 0.25) is 0 Å². The first-order valence-electron chi connectivity index (χ1n) is 3.69. The van der Waals surface area contributed by atoms with Gasteiger partial charge in [-0.25, -0.2) is 0 Å². The SMILES string of the molecule is CCN(C=O)CCCNC. The first-order chi connectivity index (χ1) is 4.85. The summed E-state index contributed by atoms with van der Waals surface area (Å²) >= 11 is 0. The van der Waals surface area contributed by atoms with E-state index in [4.69, 9.17) is 0 Å². The molecular formula is C7H16N2O. The average molecular weight is 144 g/mol. The molecule has 3 heteroatoms. The van der Waals surface area contributed by atoms with E-state index in [1.54, 1.807) is 4.90 Å². The standard InChI is InChI=1S/C7H16N2O/c1-3-9(7-10)6-4-5-8-2/h7-8H,3-6H2,1-2H3. The molecule has 0 aromatic carbocycles. The third-order valence-electron chi connectivity index (χ3n) is 1.43. The minimum absolute atomic E-state index is 0.813. The maximum atomic E-state index is 10.2. The molecule has 1 amide bonds. The van der Waals surface area contributed by atoms with Crippen LogP contribution in [-0.2, 0) is 4.79 Å². The van der Waals surface area contributed by atoms with Crippen LogP contribution in [0, 0.1) is 0 Å². The topological polar surface area (TPSA) is 32.3 Å². The number of rotatable bonds is 6. The van der Waals surface area contributed by atoms with Gasteiger partial charge in [0.15, 0.2) is 0 Å². The van der Waals surface area contributed by atoms with Crippen molar-refractivity contribution in [3.8, 4) is 0 Å². The van der Waals surface area contributed by atoms with E-state index < -0.39 is 0 Å². The maximum absolute atomic E-state index is 10.2. The molecule has 0 bridgehead atoms. The molecule has 0 aromatic rings. The molecule has 0 spiro atoms.